The zero-order valence-corrected chi connectivity index (χ0v) is 21.9. The van der Waals surface area contributed by atoms with E-state index in [-0.39, 0.29) is 10.8 Å². The lowest BCUT2D eigenvalue weighted by atomic mass is 9.91. The number of nitrogens with zero attached hydrogens (tertiary/aromatic N) is 1. The molecule has 2 aromatic rings. The number of carbonyl (C=O) groups excluding carboxylic acids is 1. The third kappa shape index (κ3) is 6.39. The number of hydrogen-bond acceptors (Lipinski definition) is 5. The van der Waals surface area contributed by atoms with Crippen molar-refractivity contribution >= 4 is 15.7 Å². The normalized spacial score (nSPS) is 15.6. The van der Waals surface area contributed by atoms with Crippen molar-refractivity contribution in [2.75, 3.05) is 32.5 Å². The SMILES string of the molecule is CCCCCOc1ccc(C(C)N2CC(CNC(=O)c3ccc(S(C)(=O)=O)cc3)C2)c(C)c1C. The van der Waals surface area contributed by atoms with Gasteiger partial charge in [0.1, 0.15) is 5.75 Å². The monoisotopic (exact) mass is 486 g/mol. The average molecular weight is 487 g/mol. The largest absolute Gasteiger partial charge is 0.493 e. The number of sulfone groups is 1. The van der Waals surface area contributed by atoms with E-state index in [2.05, 4.69) is 50.0 Å². The molecule has 3 rings (SSSR count). The molecular formula is C27H38N2O4S. The van der Waals surface area contributed by atoms with Crippen LogP contribution in [0.5, 0.6) is 5.75 Å². The van der Waals surface area contributed by atoms with Gasteiger partial charge in [0.2, 0.25) is 0 Å². The molecule has 0 radical (unpaired) electrons. The van der Waals surface area contributed by atoms with Crippen LogP contribution in [0.25, 0.3) is 0 Å². The predicted molar refractivity (Wildman–Crippen MR) is 136 cm³/mol. The van der Waals surface area contributed by atoms with Gasteiger partial charge in [0.05, 0.1) is 11.5 Å². The summed E-state index contributed by atoms with van der Waals surface area (Å²) < 4.78 is 29.1. The van der Waals surface area contributed by atoms with Gasteiger partial charge in [-0.3, -0.25) is 9.69 Å². The molecule has 0 bridgehead atoms. The van der Waals surface area contributed by atoms with Crippen LogP contribution in [0.4, 0.5) is 0 Å². The summed E-state index contributed by atoms with van der Waals surface area (Å²) in [5, 5.41) is 2.98. The van der Waals surface area contributed by atoms with Crippen molar-refractivity contribution in [3.8, 4) is 5.75 Å². The van der Waals surface area contributed by atoms with E-state index in [4.69, 9.17) is 4.74 Å². The van der Waals surface area contributed by atoms with Crippen LogP contribution in [0.15, 0.2) is 41.3 Å². The maximum Gasteiger partial charge on any atom is 0.251 e. The molecule has 1 N–H and O–H groups in total. The summed E-state index contributed by atoms with van der Waals surface area (Å²) in [6, 6.07) is 10.7. The van der Waals surface area contributed by atoms with E-state index in [0.717, 1.165) is 38.1 Å². The number of unbranched alkanes of at least 4 members (excludes halogenated alkanes) is 2. The third-order valence-electron chi connectivity index (χ3n) is 6.86. The number of benzene rings is 2. The minimum atomic E-state index is -3.26. The third-order valence-corrected chi connectivity index (χ3v) is 7.99. The second-order valence-electron chi connectivity index (χ2n) is 9.46. The van der Waals surface area contributed by atoms with Gasteiger partial charge in [-0.1, -0.05) is 25.8 Å². The Morgan fingerprint density at radius 1 is 1.09 bits per heavy atom. The van der Waals surface area contributed by atoms with Gasteiger partial charge in [-0.2, -0.15) is 0 Å². The van der Waals surface area contributed by atoms with Crippen molar-refractivity contribution in [3.05, 3.63) is 58.7 Å². The molecule has 186 valence electrons. The fourth-order valence-electron chi connectivity index (χ4n) is 4.40. The Balaban J connectivity index is 1.48. The number of hydrogen-bond donors (Lipinski definition) is 1. The molecule has 1 atom stereocenters. The highest BCUT2D eigenvalue weighted by Gasteiger charge is 2.32. The molecule has 0 spiro atoms. The smallest absolute Gasteiger partial charge is 0.251 e. The average Bonchev–Trinajstić information content (AvgIpc) is 2.77. The molecule has 1 unspecified atom stereocenters. The van der Waals surface area contributed by atoms with Crippen LogP contribution >= 0.6 is 0 Å². The quantitative estimate of drug-likeness (QED) is 0.466. The van der Waals surface area contributed by atoms with Gasteiger partial charge in [-0.15, -0.1) is 0 Å². The van der Waals surface area contributed by atoms with Crippen LogP contribution < -0.4 is 10.1 Å². The van der Waals surface area contributed by atoms with Crippen LogP contribution in [0, 0.1) is 19.8 Å². The van der Waals surface area contributed by atoms with Gasteiger partial charge in [-0.05, 0) is 74.2 Å². The van der Waals surface area contributed by atoms with Gasteiger partial charge < -0.3 is 10.1 Å². The van der Waals surface area contributed by atoms with E-state index in [1.54, 1.807) is 12.1 Å². The zero-order chi connectivity index (χ0) is 24.9. The van der Waals surface area contributed by atoms with E-state index >= 15 is 0 Å². The molecule has 2 aromatic carbocycles. The summed E-state index contributed by atoms with van der Waals surface area (Å²) in [6.45, 7) is 12.0. The van der Waals surface area contributed by atoms with Gasteiger partial charge >= 0.3 is 0 Å². The highest BCUT2D eigenvalue weighted by molar-refractivity contribution is 7.90. The number of carbonyl (C=O) groups is 1. The van der Waals surface area contributed by atoms with E-state index in [9.17, 15) is 13.2 Å². The number of likely N-dealkylation sites (tertiary alicyclic amines) is 1. The Hall–Kier alpha value is -2.38. The highest BCUT2D eigenvalue weighted by Crippen LogP contribution is 2.34. The molecule has 0 aromatic heterocycles. The fourth-order valence-corrected chi connectivity index (χ4v) is 5.03. The zero-order valence-electron chi connectivity index (χ0n) is 21.1. The second-order valence-corrected chi connectivity index (χ2v) is 11.5. The standard InChI is InChI=1S/C27H38N2O4S/c1-6-7-8-15-33-26-14-13-25(19(2)20(26)3)21(4)29-17-22(18-29)16-28-27(30)23-9-11-24(12-10-23)34(5,31)32/h9-14,21-22H,6-8,15-18H2,1-5H3,(H,28,30). The molecule has 1 fully saturated rings. The Labute approximate surface area is 204 Å². The highest BCUT2D eigenvalue weighted by atomic mass is 32.2. The topological polar surface area (TPSA) is 75.7 Å². The first-order valence-corrected chi connectivity index (χ1v) is 14.1. The molecule has 1 heterocycles. The summed E-state index contributed by atoms with van der Waals surface area (Å²) in [5.41, 5.74) is 4.30. The molecule has 0 aliphatic carbocycles. The predicted octanol–water partition coefficient (Wildman–Crippen LogP) is 4.70. The molecule has 1 amide bonds. The van der Waals surface area contributed by atoms with Crippen LogP contribution in [0.1, 0.15) is 66.2 Å². The van der Waals surface area contributed by atoms with E-state index < -0.39 is 9.84 Å². The number of nitrogens with one attached hydrogen (secondary N) is 1. The van der Waals surface area contributed by atoms with E-state index in [0.29, 0.717) is 24.1 Å². The Morgan fingerprint density at radius 3 is 2.38 bits per heavy atom. The van der Waals surface area contributed by atoms with Crippen molar-refractivity contribution in [2.24, 2.45) is 5.92 Å². The van der Waals surface area contributed by atoms with Crippen molar-refractivity contribution in [2.45, 2.75) is 57.9 Å². The first-order valence-electron chi connectivity index (χ1n) is 12.2. The molecular weight excluding hydrogens is 448 g/mol. The van der Waals surface area contributed by atoms with Gasteiger partial charge in [-0.25, -0.2) is 8.42 Å². The lowest BCUT2D eigenvalue weighted by Crippen LogP contribution is -2.52. The lowest BCUT2D eigenvalue weighted by Gasteiger charge is -2.44. The molecule has 1 aliphatic rings. The van der Waals surface area contributed by atoms with E-state index in [1.807, 2.05) is 0 Å². The maximum atomic E-state index is 12.4. The summed E-state index contributed by atoms with van der Waals surface area (Å²) >= 11 is 0. The van der Waals surface area contributed by atoms with E-state index in [1.165, 1.54) is 41.7 Å². The first kappa shape index (κ1) is 26.2. The molecule has 6 nitrogen and oxygen atoms in total. The van der Waals surface area contributed by atoms with Crippen molar-refractivity contribution in [1.82, 2.24) is 10.2 Å². The Bertz CT molecular complexity index is 1090. The molecule has 1 aliphatic heterocycles. The molecule has 0 saturated carbocycles. The van der Waals surface area contributed by atoms with Gasteiger partial charge in [0.25, 0.3) is 5.91 Å². The minimum absolute atomic E-state index is 0.174. The number of ether oxygens (including phenoxy) is 1. The Kier molecular flexibility index (Phi) is 8.77. The summed E-state index contributed by atoms with van der Waals surface area (Å²) in [5.74, 6) is 1.22. The van der Waals surface area contributed by atoms with Crippen LogP contribution in [0.2, 0.25) is 0 Å². The lowest BCUT2D eigenvalue weighted by molar-refractivity contribution is 0.0569. The molecule has 7 heteroatoms. The first-order chi connectivity index (χ1) is 16.1. The summed E-state index contributed by atoms with van der Waals surface area (Å²) in [6.07, 6.45) is 4.63. The van der Waals surface area contributed by atoms with Crippen molar-refractivity contribution < 1.29 is 17.9 Å². The fraction of sp³-hybridized carbons (Fsp3) is 0.519. The molecule has 1 saturated heterocycles. The van der Waals surface area contributed by atoms with Crippen LogP contribution in [-0.4, -0.2) is 51.7 Å². The summed E-state index contributed by atoms with van der Waals surface area (Å²) in [7, 11) is -3.26. The summed E-state index contributed by atoms with van der Waals surface area (Å²) in [4.78, 5) is 15.1. The minimum Gasteiger partial charge on any atom is -0.493 e. The number of amides is 1. The van der Waals surface area contributed by atoms with Crippen LogP contribution in [0.3, 0.4) is 0 Å². The van der Waals surface area contributed by atoms with Gasteiger partial charge in [0.15, 0.2) is 9.84 Å². The Morgan fingerprint density at radius 2 is 1.76 bits per heavy atom. The maximum absolute atomic E-state index is 12.4. The number of rotatable bonds is 11. The van der Waals surface area contributed by atoms with Crippen molar-refractivity contribution in [1.29, 1.82) is 0 Å². The second kappa shape index (κ2) is 11.4. The van der Waals surface area contributed by atoms with Crippen molar-refractivity contribution in [3.63, 3.8) is 0 Å². The van der Waals surface area contributed by atoms with Crippen LogP contribution in [-0.2, 0) is 9.84 Å². The van der Waals surface area contributed by atoms with Gasteiger partial charge in [0, 0.05) is 43.4 Å². The molecule has 34 heavy (non-hydrogen) atoms.